The lowest BCUT2D eigenvalue weighted by atomic mass is 10.4. The third-order valence-electron chi connectivity index (χ3n) is 1.84. The molecule has 0 fully saturated rings. The molecule has 0 spiro atoms. The van der Waals surface area contributed by atoms with Gasteiger partial charge in [-0.05, 0) is 13.8 Å². The summed E-state index contributed by atoms with van der Waals surface area (Å²) in [5.41, 5.74) is 0.853. The van der Waals surface area contributed by atoms with E-state index in [1.165, 1.54) is 11.5 Å². The largest absolute Gasteiger partial charge is 0.379 e. The molecule has 0 aromatic carbocycles. The lowest BCUT2D eigenvalue weighted by molar-refractivity contribution is -0.0125. The minimum absolute atomic E-state index is 0.0800. The van der Waals surface area contributed by atoms with Crippen molar-refractivity contribution in [1.82, 2.24) is 9.59 Å². The fourth-order valence-electron chi connectivity index (χ4n) is 1.05. The second-order valence-electron chi connectivity index (χ2n) is 3.08. The molecule has 86 valence electrons. The molecule has 0 bridgehead atoms. The van der Waals surface area contributed by atoms with E-state index < -0.39 is 0 Å². The fourth-order valence-corrected chi connectivity index (χ4v) is 1.56. The van der Waals surface area contributed by atoms with Gasteiger partial charge in [-0.2, -0.15) is 0 Å². The highest BCUT2D eigenvalue weighted by Gasteiger charge is 2.08. The van der Waals surface area contributed by atoms with Crippen LogP contribution in [0.25, 0.3) is 0 Å². The first-order valence-electron chi connectivity index (χ1n) is 4.96. The monoisotopic (exact) mass is 231 g/mol. The Morgan fingerprint density at radius 3 is 3.00 bits per heavy atom. The lowest BCUT2D eigenvalue weighted by Crippen LogP contribution is -2.16. The van der Waals surface area contributed by atoms with Crippen LogP contribution in [0.4, 0.5) is 5.00 Å². The van der Waals surface area contributed by atoms with Gasteiger partial charge in [-0.15, -0.1) is 5.10 Å². The SMILES string of the molecule is CCOCC(C)OCc1nnsc1NC. The molecular formula is C9H17N3O2S. The first kappa shape index (κ1) is 12.4. The summed E-state index contributed by atoms with van der Waals surface area (Å²) in [6, 6.07) is 0. The molecule has 0 aliphatic rings. The van der Waals surface area contributed by atoms with Crippen molar-refractivity contribution in [3.8, 4) is 0 Å². The van der Waals surface area contributed by atoms with Crippen molar-refractivity contribution in [1.29, 1.82) is 0 Å². The molecule has 0 saturated heterocycles. The van der Waals surface area contributed by atoms with Crippen molar-refractivity contribution in [2.45, 2.75) is 26.6 Å². The first-order chi connectivity index (χ1) is 7.27. The second-order valence-corrected chi connectivity index (χ2v) is 3.83. The van der Waals surface area contributed by atoms with E-state index >= 15 is 0 Å². The summed E-state index contributed by atoms with van der Waals surface area (Å²) in [4.78, 5) is 0. The standard InChI is InChI=1S/C9H17N3O2S/c1-4-13-5-7(2)14-6-8-9(10-3)15-12-11-8/h7,10H,4-6H2,1-3H3. The van der Waals surface area contributed by atoms with E-state index in [1.807, 2.05) is 20.9 Å². The molecule has 1 unspecified atom stereocenters. The van der Waals surface area contributed by atoms with Gasteiger partial charge in [0.05, 0.1) is 19.3 Å². The van der Waals surface area contributed by atoms with Crippen LogP contribution in [-0.4, -0.2) is 36.0 Å². The van der Waals surface area contributed by atoms with Crippen LogP contribution in [0.15, 0.2) is 0 Å². The van der Waals surface area contributed by atoms with Gasteiger partial charge in [0.1, 0.15) is 10.7 Å². The number of ether oxygens (including phenoxy) is 2. The highest BCUT2D eigenvalue weighted by molar-refractivity contribution is 7.10. The van der Waals surface area contributed by atoms with Crippen LogP contribution in [0.3, 0.4) is 0 Å². The van der Waals surface area contributed by atoms with E-state index in [1.54, 1.807) is 0 Å². The predicted octanol–water partition coefficient (Wildman–Crippen LogP) is 1.52. The molecule has 6 heteroatoms. The molecule has 15 heavy (non-hydrogen) atoms. The van der Waals surface area contributed by atoms with Gasteiger partial charge in [0, 0.05) is 25.2 Å². The first-order valence-corrected chi connectivity index (χ1v) is 5.73. The van der Waals surface area contributed by atoms with Gasteiger partial charge in [-0.1, -0.05) is 4.49 Å². The minimum atomic E-state index is 0.0800. The Bertz CT molecular complexity index is 280. The Labute approximate surface area is 94.0 Å². The third-order valence-corrected chi connectivity index (χ3v) is 2.63. The van der Waals surface area contributed by atoms with Crippen molar-refractivity contribution in [2.75, 3.05) is 25.6 Å². The molecule has 0 radical (unpaired) electrons. The van der Waals surface area contributed by atoms with Crippen LogP contribution in [0.2, 0.25) is 0 Å². The number of aromatic nitrogens is 2. The lowest BCUT2D eigenvalue weighted by Gasteiger charge is -2.11. The van der Waals surface area contributed by atoms with E-state index in [2.05, 4.69) is 14.9 Å². The summed E-state index contributed by atoms with van der Waals surface area (Å²) in [7, 11) is 1.85. The summed E-state index contributed by atoms with van der Waals surface area (Å²) in [6.45, 7) is 5.75. The zero-order valence-electron chi connectivity index (χ0n) is 9.32. The van der Waals surface area contributed by atoms with Gasteiger partial charge in [0.25, 0.3) is 0 Å². The van der Waals surface area contributed by atoms with Crippen LogP contribution < -0.4 is 5.32 Å². The van der Waals surface area contributed by atoms with Gasteiger partial charge in [0.2, 0.25) is 0 Å². The molecule has 1 heterocycles. The van der Waals surface area contributed by atoms with Gasteiger partial charge in [0.15, 0.2) is 0 Å². The molecule has 0 saturated carbocycles. The second kappa shape index (κ2) is 6.71. The van der Waals surface area contributed by atoms with Crippen LogP contribution in [0.5, 0.6) is 0 Å². The molecule has 0 aliphatic carbocycles. The summed E-state index contributed by atoms with van der Waals surface area (Å²) < 4.78 is 14.7. The highest BCUT2D eigenvalue weighted by Crippen LogP contribution is 2.17. The maximum absolute atomic E-state index is 5.57. The molecule has 1 N–H and O–H groups in total. The number of hydrogen-bond donors (Lipinski definition) is 1. The summed E-state index contributed by atoms with van der Waals surface area (Å²) >= 11 is 1.34. The Hall–Kier alpha value is -0.720. The Balaban J connectivity index is 2.30. The molecule has 1 atom stereocenters. The van der Waals surface area contributed by atoms with Gasteiger partial charge in [-0.25, -0.2) is 0 Å². The van der Waals surface area contributed by atoms with E-state index in [9.17, 15) is 0 Å². The van der Waals surface area contributed by atoms with Crippen LogP contribution in [-0.2, 0) is 16.1 Å². The van der Waals surface area contributed by atoms with Crippen LogP contribution in [0.1, 0.15) is 19.5 Å². The molecule has 0 aliphatic heterocycles. The number of nitrogens with zero attached hydrogens (tertiary/aromatic N) is 2. The van der Waals surface area contributed by atoms with Crippen LogP contribution >= 0.6 is 11.5 Å². The summed E-state index contributed by atoms with van der Waals surface area (Å²) in [6.07, 6.45) is 0.0800. The van der Waals surface area contributed by atoms with Crippen molar-refractivity contribution in [3.63, 3.8) is 0 Å². The van der Waals surface area contributed by atoms with Gasteiger partial charge in [-0.3, -0.25) is 0 Å². The minimum Gasteiger partial charge on any atom is -0.379 e. The zero-order chi connectivity index (χ0) is 11.1. The van der Waals surface area contributed by atoms with Gasteiger partial charge < -0.3 is 14.8 Å². The Kier molecular flexibility index (Phi) is 5.52. The Morgan fingerprint density at radius 1 is 1.53 bits per heavy atom. The molecule has 1 aromatic rings. The predicted molar refractivity (Wildman–Crippen MR) is 60.2 cm³/mol. The van der Waals surface area contributed by atoms with Crippen molar-refractivity contribution < 1.29 is 9.47 Å². The smallest absolute Gasteiger partial charge is 0.135 e. The maximum Gasteiger partial charge on any atom is 0.135 e. The van der Waals surface area contributed by atoms with E-state index in [-0.39, 0.29) is 6.10 Å². The van der Waals surface area contributed by atoms with Crippen molar-refractivity contribution >= 4 is 16.5 Å². The van der Waals surface area contributed by atoms with Crippen molar-refractivity contribution in [3.05, 3.63) is 5.69 Å². The van der Waals surface area contributed by atoms with Gasteiger partial charge >= 0.3 is 0 Å². The molecule has 1 rings (SSSR count). The zero-order valence-corrected chi connectivity index (χ0v) is 10.1. The fraction of sp³-hybridized carbons (Fsp3) is 0.778. The highest BCUT2D eigenvalue weighted by atomic mass is 32.1. The van der Waals surface area contributed by atoms with Crippen LogP contribution in [0, 0.1) is 0 Å². The van der Waals surface area contributed by atoms with Crippen molar-refractivity contribution in [2.24, 2.45) is 0 Å². The Morgan fingerprint density at radius 2 is 2.33 bits per heavy atom. The molecule has 5 nitrogen and oxygen atoms in total. The van der Waals surface area contributed by atoms with E-state index in [4.69, 9.17) is 9.47 Å². The molecular weight excluding hydrogens is 214 g/mol. The summed E-state index contributed by atoms with van der Waals surface area (Å²) in [5, 5.41) is 7.96. The normalized spacial score (nSPS) is 12.7. The third kappa shape index (κ3) is 4.11. The number of nitrogens with one attached hydrogen (secondary N) is 1. The maximum atomic E-state index is 5.57. The molecule has 0 amide bonds. The molecule has 1 aromatic heterocycles. The average Bonchev–Trinajstić information content (AvgIpc) is 2.70. The van der Waals surface area contributed by atoms with E-state index in [0.717, 1.165) is 10.7 Å². The number of hydrogen-bond acceptors (Lipinski definition) is 6. The van der Waals surface area contributed by atoms with E-state index in [0.29, 0.717) is 19.8 Å². The quantitative estimate of drug-likeness (QED) is 0.771. The number of rotatable bonds is 7. The topological polar surface area (TPSA) is 56.3 Å². The number of anilines is 1. The summed E-state index contributed by atoms with van der Waals surface area (Å²) in [5.74, 6) is 0. The average molecular weight is 231 g/mol.